The van der Waals surface area contributed by atoms with Crippen molar-refractivity contribution in [3.8, 4) is 0 Å². The predicted molar refractivity (Wildman–Crippen MR) is 94.0 cm³/mol. The fourth-order valence-corrected chi connectivity index (χ4v) is 4.16. The van der Waals surface area contributed by atoms with Gasteiger partial charge in [0.1, 0.15) is 5.82 Å². The molecule has 2 aromatic heterocycles. The van der Waals surface area contributed by atoms with Gasteiger partial charge in [0.15, 0.2) is 6.04 Å². The zero-order chi connectivity index (χ0) is 20.1. The largest absolute Gasteiger partial charge is 0.410 e. The van der Waals surface area contributed by atoms with Gasteiger partial charge in [-0.05, 0) is 39.0 Å². The first kappa shape index (κ1) is 18.8. The van der Waals surface area contributed by atoms with Gasteiger partial charge in [-0.3, -0.25) is 4.79 Å². The van der Waals surface area contributed by atoms with Gasteiger partial charge in [0.05, 0.1) is 11.4 Å². The molecule has 2 aliphatic rings. The Labute approximate surface area is 159 Å². The maximum Gasteiger partial charge on any atom is 0.410 e. The number of nitrogens with one attached hydrogen (secondary N) is 1. The van der Waals surface area contributed by atoms with Gasteiger partial charge in [-0.2, -0.15) is 18.3 Å². The van der Waals surface area contributed by atoms with Crippen molar-refractivity contribution in [1.82, 2.24) is 19.8 Å². The fraction of sp³-hybridized carbons (Fsp3) is 0.611. The molecular formula is C18H22F3N5O2. The summed E-state index contributed by atoms with van der Waals surface area (Å²) in [5.41, 5.74) is 1.19. The average molecular weight is 397 g/mol. The second kappa shape index (κ2) is 6.82. The van der Waals surface area contributed by atoms with Crippen LogP contribution >= 0.6 is 0 Å². The number of alkyl halides is 3. The smallest absolute Gasteiger partial charge is 0.367 e. The van der Waals surface area contributed by atoms with Gasteiger partial charge in [0.25, 0.3) is 5.91 Å². The highest BCUT2D eigenvalue weighted by Crippen LogP contribution is 2.42. The molecule has 7 nitrogen and oxygen atoms in total. The number of carbonyl (C=O) groups is 1. The summed E-state index contributed by atoms with van der Waals surface area (Å²) in [5.74, 6) is 0.432. The molecule has 1 saturated heterocycles. The second-order valence-electron chi connectivity index (χ2n) is 7.62. The average Bonchev–Trinajstić information content (AvgIpc) is 3.24. The van der Waals surface area contributed by atoms with E-state index in [1.54, 1.807) is 30.9 Å². The molecule has 10 heteroatoms. The minimum Gasteiger partial charge on any atom is -0.367 e. The van der Waals surface area contributed by atoms with Gasteiger partial charge < -0.3 is 14.7 Å². The van der Waals surface area contributed by atoms with Crippen LogP contribution in [0.5, 0.6) is 0 Å². The Morgan fingerprint density at radius 1 is 1.21 bits per heavy atom. The molecule has 4 rings (SSSR count). The number of piperidine rings is 1. The molecule has 28 heavy (non-hydrogen) atoms. The maximum atomic E-state index is 13.6. The Kier molecular flexibility index (Phi) is 4.59. The number of aromatic nitrogens is 3. The zero-order valence-corrected chi connectivity index (χ0v) is 15.7. The number of nitrogens with zero attached hydrogens (tertiary/aromatic N) is 4. The number of hydrogen-bond acceptors (Lipinski definition) is 5. The van der Waals surface area contributed by atoms with Crippen LogP contribution in [0.15, 0.2) is 16.7 Å². The van der Waals surface area contributed by atoms with Gasteiger partial charge >= 0.3 is 6.18 Å². The summed E-state index contributed by atoms with van der Waals surface area (Å²) in [5, 5.41) is 11.0. The van der Waals surface area contributed by atoms with Crippen molar-refractivity contribution in [1.29, 1.82) is 0 Å². The molecular weight excluding hydrogens is 375 g/mol. The van der Waals surface area contributed by atoms with Gasteiger partial charge in [-0.1, -0.05) is 5.16 Å². The van der Waals surface area contributed by atoms with Crippen molar-refractivity contribution in [3.05, 3.63) is 29.3 Å². The molecule has 1 fully saturated rings. The van der Waals surface area contributed by atoms with Crippen molar-refractivity contribution in [3.63, 3.8) is 0 Å². The monoisotopic (exact) mass is 397 g/mol. The normalized spacial score (nSPS) is 23.4. The molecule has 4 heterocycles. The number of fused-ring (bicyclic) bond motifs is 1. The second-order valence-corrected chi connectivity index (χ2v) is 7.62. The van der Waals surface area contributed by atoms with Crippen LogP contribution in [0.1, 0.15) is 47.2 Å². The molecule has 0 aromatic carbocycles. The van der Waals surface area contributed by atoms with Crippen molar-refractivity contribution in [2.45, 2.75) is 51.4 Å². The molecule has 0 unspecified atom stereocenters. The molecule has 2 atom stereocenters. The lowest BCUT2D eigenvalue weighted by Gasteiger charge is -2.40. The lowest BCUT2D eigenvalue weighted by Crippen LogP contribution is -2.47. The molecule has 2 aliphatic heterocycles. The number of hydrogen-bond donors (Lipinski definition) is 1. The molecule has 0 radical (unpaired) electrons. The van der Waals surface area contributed by atoms with E-state index in [1.165, 1.54) is 0 Å². The van der Waals surface area contributed by atoms with Crippen LogP contribution in [0, 0.1) is 19.8 Å². The number of halogens is 3. The van der Waals surface area contributed by atoms with Crippen molar-refractivity contribution < 1.29 is 22.5 Å². The third kappa shape index (κ3) is 3.47. The summed E-state index contributed by atoms with van der Waals surface area (Å²) < 4.78 is 46.8. The van der Waals surface area contributed by atoms with E-state index in [0.29, 0.717) is 43.1 Å². The third-order valence-corrected chi connectivity index (χ3v) is 5.58. The first-order chi connectivity index (χ1) is 13.2. The highest BCUT2D eigenvalue weighted by Gasteiger charge is 2.47. The highest BCUT2D eigenvalue weighted by molar-refractivity contribution is 5.91. The van der Waals surface area contributed by atoms with Gasteiger partial charge in [0, 0.05) is 31.3 Å². The number of likely N-dealkylation sites (tertiary alicyclic amines) is 1. The Bertz CT molecular complexity index is 867. The predicted octanol–water partition coefficient (Wildman–Crippen LogP) is 3.33. The number of anilines is 1. The molecule has 0 saturated carbocycles. The van der Waals surface area contributed by atoms with E-state index in [-0.39, 0.29) is 30.0 Å². The van der Waals surface area contributed by atoms with Crippen LogP contribution in [-0.4, -0.2) is 51.1 Å². The van der Waals surface area contributed by atoms with Crippen molar-refractivity contribution >= 4 is 11.7 Å². The summed E-state index contributed by atoms with van der Waals surface area (Å²) in [6, 6.07) is 1.31. The van der Waals surface area contributed by atoms with E-state index < -0.39 is 12.2 Å². The van der Waals surface area contributed by atoms with E-state index >= 15 is 0 Å². The fourth-order valence-electron chi connectivity index (χ4n) is 4.16. The van der Waals surface area contributed by atoms with Crippen LogP contribution in [0.3, 0.4) is 0 Å². The quantitative estimate of drug-likeness (QED) is 0.841. The molecule has 1 amide bonds. The van der Waals surface area contributed by atoms with Gasteiger partial charge in [0.2, 0.25) is 5.76 Å². The zero-order valence-electron chi connectivity index (χ0n) is 15.7. The number of amides is 1. The molecule has 0 spiro atoms. The van der Waals surface area contributed by atoms with E-state index in [1.807, 2.05) is 0 Å². The summed E-state index contributed by atoms with van der Waals surface area (Å²) >= 11 is 0. The summed E-state index contributed by atoms with van der Waals surface area (Å²) in [6.07, 6.45) is -3.14. The van der Waals surface area contributed by atoms with E-state index in [4.69, 9.17) is 4.52 Å². The first-order valence-electron chi connectivity index (χ1n) is 9.34. The maximum absolute atomic E-state index is 13.6. The number of aryl methyl sites for hydroxylation is 2. The van der Waals surface area contributed by atoms with Crippen LogP contribution in [-0.2, 0) is 0 Å². The Morgan fingerprint density at radius 2 is 1.93 bits per heavy atom. The molecule has 0 bridgehead atoms. The van der Waals surface area contributed by atoms with Crippen LogP contribution < -0.4 is 5.32 Å². The third-order valence-electron chi connectivity index (χ3n) is 5.58. The minimum absolute atomic E-state index is 0.0503. The minimum atomic E-state index is -4.35. The molecule has 2 aromatic rings. The summed E-state index contributed by atoms with van der Waals surface area (Å²) in [7, 11) is 0. The summed E-state index contributed by atoms with van der Waals surface area (Å²) in [4.78, 5) is 14.1. The van der Waals surface area contributed by atoms with Gasteiger partial charge in [-0.25, -0.2) is 4.68 Å². The van der Waals surface area contributed by atoms with Crippen LogP contribution in [0.4, 0.5) is 19.0 Å². The standard InChI is InChI=1S/C18H22F3N5O2/c1-10-8-16-22-13(9-15(18(19,20)21)26(16)23-10)12-3-5-25(6-4-12)17(27)14-7-11(2)24-28-14/h7-8,12-13,15,22H,3-6,9H2,1-2H3/t13-,15+/m0/s1. The first-order valence-corrected chi connectivity index (χ1v) is 9.34. The van der Waals surface area contributed by atoms with Crippen LogP contribution in [0.25, 0.3) is 0 Å². The Balaban J connectivity index is 1.44. The van der Waals surface area contributed by atoms with Crippen molar-refractivity contribution in [2.24, 2.45) is 5.92 Å². The number of carbonyl (C=O) groups excluding carboxylic acids is 1. The highest BCUT2D eigenvalue weighted by atomic mass is 19.4. The Hall–Kier alpha value is -2.52. The topological polar surface area (TPSA) is 76.2 Å². The van der Waals surface area contributed by atoms with E-state index in [2.05, 4.69) is 15.6 Å². The SMILES string of the molecule is Cc1cc(C(=O)N2CCC([C@@H]3C[C@H](C(F)(F)F)n4nc(C)cc4N3)CC2)on1. The van der Waals surface area contributed by atoms with Crippen molar-refractivity contribution in [2.75, 3.05) is 18.4 Å². The Morgan fingerprint density at radius 3 is 2.54 bits per heavy atom. The number of rotatable bonds is 2. The van der Waals surface area contributed by atoms with E-state index in [9.17, 15) is 18.0 Å². The summed E-state index contributed by atoms with van der Waals surface area (Å²) in [6.45, 7) is 4.39. The lowest BCUT2D eigenvalue weighted by atomic mass is 9.84. The molecule has 0 aliphatic carbocycles. The molecule has 1 N–H and O–H groups in total. The van der Waals surface area contributed by atoms with Crippen LogP contribution in [0.2, 0.25) is 0 Å². The van der Waals surface area contributed by atoms with Gasteiger partial charge in [-0.15, -0.1) is 0 Å². The lowest BCUT2D eigenvalue weighted by molar-refractivity contribution is -0.174. The molecule has 152 valence electrons. The van der Waals surface area contributed by atoms with E-state index in [0.717, 1.165) is 4.68 Å².